The summed E-state index contributed by atoms with van der Waals surface area (Å²) in [4.78, 5) is 25.8. The Morgan fingerprint density at radius 1 is 1.16 bits per heavy atom. The van der Waals surface area contributed by atoms with Crippen LogP contribution in [0.4, 0.5) is 0 Å². The van der Waals surface area contributed by atoms with E-state index in [1.165, 1.54) is 4.31 Å². The highest BCUT2D eigenvalue weighted by molar-refractivity contribution is 7.89. The molecule has 1 N–H and O–H groups in total. The molecule has 1 aromatic carbocycles. The molecule has 2 heterocycles. The second kappa shape index (κ2) is 7.13. The number of amides is 2. The SMILES string of the molecule is Cc1ccccc1S(=O)(=O)N1CCCN(C(=O)C2CCC(=O)N2)CC1. The van der Waals surface area contributed by atoms with E-state index in [4.69, 9.17) is 0 Å². The van der Waals surface area contributed by atoms with Crippen LogP contribution >= 0.6 is 0 Å². The van der Waals surface area contributed by atoms with Gasteiger partial charge in [0.2, 0.25) is 21.8 Å². The number of carbonyl (C=O) groups is 2. The Kier molecular flexibility index (Phi) is 5.10. The number of carbonyl (C=O) groups excluding carboxylic acids is 2. The van der Waals surface area contributed by atoms with Crippen molar-refractivity contribution in [3.8, 4) is 0 Å². The first-order chi connectivity index (χ1) is 11.9. The van der Waals surface area contributed by atoms with Crippen LogP contribution in [-0.2, 0) is 19.6 Å². The highest BCUT2D eigenvalue weighted by Crippen LogP contribution is 2.21. The summed E-state index contributed by atoms with van der Waals surface area (Å²) in [6, 6.07) is 6.46. The van der Waals surface area contributed by atoms with E-state index in [0.29, 0.717) is 49.4 Å². The van der Waals surface area contributed by atoms with Crippen molar-refractivity contribution in [2.45, 2.75) is 37.1 Å². The summed E-state index contributed by atoms with van der Waals surface area (Å²) < 4.78 is 27.3. The van der Waals surface area contributed by atoms with Crippen molar-refractivity contribution in [3.63, 3.8) is 0 Å². The molecule has 0 aliphatic carbocycles. The maximum absolute atomic E-state index is 12.9. The first kappa shape index (κ1) is 17.9. The number of sulfonamides is 1. The quantitative estimate of drug-likeness (QED) is 0.845. The summed E-state index contributed by atoms with van der Waals surface area (Å²) in [5, 5.41) is 2.68. The van der Waals surface area contributed by atoms with Crippen LogP contribution < -0.4 is 5.32 Å². The average molecular weight is 365 g/mol. The van der Waals surface area contributed by atoms with Gasteiger partial charge >= 0.3 is 0 Å². The van der Waals surface area contributed by atoms with Crippen LogP contribution in [0.25, 0.3) is 0 Å². The Bertz CT molecular complexity index is 778. The van der Waals surface area contributed by atoms with Crippen LogP contribution in [0.15, 0.2) is 29.2 Å². The average Bonchev–Trinajstić information content (AvgIpc) is 2.86. The van der Waals surface area contributed by atoms with Crippen molar-refractivity contribution in [2.75, 3.05) is 26.2 Å². The number of aryl methyl sites for hydroxylation is 1. The molecule has 2 fully saturated rings. The van der Waals surface area contributed by atoms with Gasteiger partial charge in [-0.05, 0) is 31.4 Å². The zero-order valence-corrected chi connectivity index (χ0v) is 15.1. The van der Waals surface area contributed by atoms with Gasteiger partial charge in [0.05, 0.1) is 4.90 Å². The van der Waals surface area contributed by atoms with Crippen LogP contribution in [0.5, 0.6) is 0 Å². The van der Waals surface area contributed by atoms with E-state index in [9.17, 15) is 18.0 Å². The largest absolute Gasteiger partial charge is 0.344 e. The third-order valence-electron chi connectivity index (χ3n) is 4.77. The molecule has 1 atom stereocenters. The Morgan fingerprint density at radius 3 is 2.60 bits per heavy atom. The van der Waals surface area contributed by atoms with Gasteiger partial charge < -0.3 is 10.2 Å². The van der Waals surface area contributed by atoms with Gasteiger partial charge in [-0.3, -0.25) is 9.59 Å². The van der Waals surface area contributed by atoms with E-state index in [-0.39, 0.29) is 18.4 Å². The van der Waals surface area contributed by atoms with E-state index >= 15 is 0 Å². The molecular formula is C17H23N3O4S. The molecule has 2 amide bonds. The van der Waals surface area contributed by atoms with Gasteiger partial charge in [0.15, 0.2) is 0 Å². The maximum Gasteiger partial charge on any atom is 0.245 e. The monoisotopic (exact) mass is 365 g/mol. The summed E-state index contributed by atoms with van der Waals surface area (Å²) in [5.41, 5.74) is 0.716. The molecular weight excluding hydrogens is 342 g/mol. The van der Waals surface area contributed by atoms with Crippen LogP contribution in [0.2, 0.25) is 0 Å². The topological polar surface area (TPSA) is 86.8 Å². The minimum absolute atomic E-state index is 0.100. The molecule has 1 unspecified atom stereocenters. The molecule has 0 radical (unpaired) electrons. The van der Waals surface area contributed by atoms with Crippen molar-refractivity contribution in [1.82, 2.24) is 14.5 Å². The minimum Gasteiger partial charge on any atom is -0.344 e. The van der Waals surface area contributed by atoms with Gasteiger partial charge in [0, 0.05) is 32.6 Å². The zero-order valence-electron chi connectivity index (χ0n) is 14.3. The lowest BCUT2D eigenvalue weighted by atomic mass is 10.2. The molecule has 0 bridgehead atoms. The number of hydrogen-bond donors (Lipinski definition) is 1. The third kappa shape index (κ3) is 3.69. The lowest BCUT2D eigenvalue weighted by Gasteiger charge is -2.24. The van der Waals surface area contributed by atoms with E-state index in [0.717, 1.165) is 0 Å². The summed E-state index contributed by atoms with van der Waals surface area (Å²) >= 11 is 0. The van der Waals surface area contributed by atoms with Crippen LogP contribution in [-0.4, -0.2) is 61.7 Å². The molecule has 0 aromatic heterocycles. The normalized spacial score (nSPS) is 22.5. The number of nitrogens with one attached hydrogen (secondary N) is 1. The second-order valence-electron chi connectivity index (χ2n) is 6.51. The summed E-state index contributed by atoms with van der Waals surface area (Å²) in [6.45, 7) is 3.28. The lowest BCUT2D eigenvalue weighted by molar-refractivity contribution is -0.134. The Balaban J connectivity index is 1.70. The molecule has 136 valence electrons. The predicted octanol–water partition coefficient (Wildman–Crippen LogP) is 0.497. The van der Waals surface area contributed by atoms with E-state index in [2.05, 4.69) is 5.32 Å². The van der Waals surface area contributed by atoms with E-state index in [1.807, 2.05) is 6.07 Å². The molecule has 2 aliphatic heterocycles. The third-order valence-corrected chi connectivity index (χ3v) is 6.83. The molecule has 0 saturated carbocycles. The highest BCUT2D eigenvalue weighted by atomic mass is 32.2. The van der Waals surface area contributed by atoms with Crippen molar-refractivity contribution in [3.05, 3.63) is 29.8 Å². The molecule has 1 aromatic rings. The van der Waals surface area contributed by atoms with Crippen LogP contribution in [0.1, 0.15) is 24.8 Å². The molecule has 0 spiro atoms. The van der Waals surface area contributed by atoms with E-state index in [1.54, 1.807) is 30.0 Å². The molecule has 2 saturated heterocycles. The van der Waals surface area contributed by atoms with E-state index < -0.39 is 16.1 Å². The highest BCUT2D eigenvalue weighted by Gasteiger charge is 2.33. The fraction of sp³-hybridized carbons (Fsp3) is 0.529. The standard InChI is InChI=1S/C17H23N3O4S/c1-13-5-2-3-6-15(13)25(23,24)20-10-4-9-19(11-12-20)17(22)14-7-8-16(21)18-14/h2-3,5-6,14H,4,7-12H2,1H3,(H,18,21). The summed E-state index contributed by atoms with van der Waals surface area (Å²) in [6.07, 6.45) is 1.47. The first-order valence-corrected chi connectivity index (χ1v) is 9.97. The molecule has 8 heteroatoms. The smallest absolute Gasteiger partial charge is 0.245 e. The molecule has 3 rings (SSSR count). The van der Waals surface area contributed by atoms with Gasteiger partial charge in [-0.15, -0.1) is 0 Å². The van der Waals surface area contributed by atoms with Crippen molar-refractivity contribution < 1.29 is 18.0 Å². The van der Waals surface area contributed by atoms with Crippen molar-refractivity contribution in [1.29, 1.82) is 0 Å². The molecule has 7 nitrogen and oxygen atoms in total. The van der Waals surface area contributed by atoms with Crippen LogP contribution in [0, 0.1) is 6.92 Å². The Hall–Kier alpha value is -1.93. The van der Waals surface area contributed by atoms with Crippen molar-refractivity contribution in [2.24, 2.45) is 0 Å². The van der Waals surface area contributed by atoms with Crippen molar-refractivity contribution >= 4 is 21.8 Å². The fourth-order valence-corrected chi connectivity index (χ4v) is 5.05. The van der Waals surface area contributed by atoms with Crippen LogP contribution in [0.3, 0.4) is 0 Å². The lowest BCUT2D eigenvalue weighted by Crippen LogP contribution is -2.46. The Labute approximate surface area is 148 Å². The number of rotatable bonds is 3. The fourth-order valence-electron chi connectivity index (χ4n) is 3.36. The number of benzene rings is 1. The molecule has 2 aliphatic rings. The van der Waals surface area contributed by atoms with Gasteiger partial charge in [-0.25, -0.2) is 8.42 Å². The number of nitrogens with zero attached hydrogens (tertiary/aromatic N) is 2. The minimum atomic E-state index is -3.57. The van der Waals surface area contributed by atoms with Gasteiger partial charge in [0.1, 0.15) is 6.04 Å². The van der Waals surface area contributed by atoms with Gasteiger partial charge in [-0.2, -0.15) is 4.31 Å². The zero-order chi connectivity index (χ0) is 18.0. The predicted molar refractivity (Wildman–Crippen MR) is 92.3 cm³/mol. The maximum atomic E-state index is 12.9. The summed E-state index contributed by atoms with van der Waals surface area (Å²) in [7, 11) is -3.57. The summed E-state index contributed by atoms with van der Waals surface area (Å²) in [5.74, 6) is -0.210. The number of hydrogen-bond acceptors (Lipinski definition) is 4. The van der Waals surface area contributed by atoms with Gasteiger partial charge in [0.25, 0.3) is 0 Å². The Morgan fingerprint density at radius 2 is 1.92 bits per heavy atom. The molecule has 25 heavy (non-hydrogen) atoms. The first-order valence-electron chi connectivity index (χ1n) is 8.53. The second-order valence-corrected chi connectivity index (χ2v) is 8.41. The van der Waals surface area contributed by atoms with Gasteiger partial charge in [-0.1, -0.05) is 18.2 Å².